The fourth-order valence-corrected chi connectivity index (χ4v) is 7.64. The minimum absolute atomic E-state index is 0.0631. The molecule has 0 fully saturated rings. The van der Waals surface area contributed by atoms with Crippen LogP contribution in [0.4, 0.5) is 34.1 Å². The van der Waals surface area contributed by atoms with Gasteiger partial charge in [0.05, 0.1) is 32.5 Å². The number of benzene rings is 6. The van der Waals surface area contributed by atoms with E-state index < -0.39 is 77.2 Å². The van der Waals surface area contributed by atoms with Gasteiger partial charge >= 0.3 is 0 Å². The third-order valence-corrected chi connectivity index (χ3v) is 11.3. The first kappa shape index (κ1) is 37.1. The van der Waals surface area contributed by atoms with E-state index in [9.17, 15) is 57.0 Å². The van der Waals surface area contributed by atoms with Gasteiger partial charge in [0.1, 0.15) is 15.5 Å². The fraction of sp³-hybridized carbons (Fsp3) is 0. The summed E-state index contributed by atoms with van der Waals surface area (Å²) in [5.74, 6) is -0.936. The Morgan fingerprint density at radius 1 is 0.434 bits per heavy atom. The van der Waals surface area contributed by atoms with E-state index in [4.69, 9.17) is 11.5 Å². The molecule has 0 spiro atoms. The molecule has 23 heteroatoms. The van der Waals surface area contributed by atoms with E-state index in [-0.39, 0.29) is 49.7 Å². The molecule has 0 aliphatic carbocycles. The van der Waals surface area contributed by atoms with Crippen molar-refractivity contribution in [1.29, 1.82) is 0 Å². The second-order valence-corrected chi connectivity index (χ2v) is 16.8. The van der Waals surface area contributed by atoms with Gasteiger partial charge in [0.25, 0.3) is 40.5 Å². The SMILES string of the molecule is Nc1cc2c(O)c(/N=N/c3ccc(/N=N/c4ccc(N)c5ccc(S(=O)(=O)O)cc45)c4ccc(S(=O)(=O)O)cc34)c(S(=O)(=O)O)cc2cc1S(=O)(=O)O. The number of nitrogen functional groups attached to an aromatic ring is 2. The molecule has 0 heterocycles. The highest BCUT2D eigenvalue weighted by molar-refractivity contribution is 7.86. The number of azo groups is 2. The molecule has 0 radical (unpaired) electrons. The number of phenolic OH excluding ortho intramolecular Hbond substituents is 1. The van der Waals surface area contributed by atoms with Gasteiger partial charge in [-0.3, -0.25) is 18.2 Å². The maximum atomic E-state index is 12.4. The third-order valence-electron chi connectivity index (χ3n) is 7.80. The molecule has 274 valence electrons. The van der Waals surface area contributed by atoms with E-state index in [0.29, 0.717) is 5.39 Å². The molecule has 0 aliphatic rings. The molecule has 0 aromatic heterocycles. The summed E-state index contributed by atoms with van der Waals surface area (Å²) in [5, 5.41) is 27.3. The van der Waals surface area contributed by atoms with Crippen LogP contribution in [-0.4, -0.2) is 57.0 Å². The van der Waals surface area contributed by atoms with Crippen LogP contribution in [0.2, 0.25) is 0 Å². The van der Waals surface area contributed by atoms with Crippen molar-refractivity contribution in [2.45, 2.75) is 19.6 Å². The number of anilines is 2. The van der Waals surface area contributed by atoms with Crippen LogP contribution in [0.15, 0.2) is 119 Å². The molecule has 0 saturated carbocycles. The van der Waals surface area contributed by atoms with Crippen molar-refractivity contribution in [2.75, 3.05) is 11.5 Å². The number of nitrogens with zero attached hydrogens (tertiary/aromatic N) is 4. The Bertz CT molecular complexity index is 3100. The Labute approximate surface area is 298 Å². The molecular formula is C30H22N6O13S4. The van der Waals surface area contributed by atoms with Gasteiger partial charge in [-0.2, -0.15) is 33.7 Å². The summed E-state index contributed by atoms with van der Waals surface area (Å²) in [4.78, 5) is -2.90. The summed E-state index contributed by atoms with van der Waals surface area (Å²) in [6, 6.07) is 14.8. The first-order valence-corrected chi connectivity index (χ1v) is 20.0. The van der Waals surface area contributed by atoms with E-state index in [2.05, 4.69) is 20.5 Å². The maximum absolute atomic E-state index is 12.4. The lowest BCUT2D eigenvalue weighted by molar-refractivity contribution is 0.472. The van der Waals surface area contributed by atoms with Gasteiger partial charge in [-0.25, -0.2) is 0 Å². The van der Waals surface area contributed by atoms with E-state index in [1.165, 1.54) is 36.4 Å². The molecule has 0 aliphatic heterocycles. The Balaban J connectivity index is 1.53. The van der Waals surface area contributed by atoms with Crippen LogP contribution < -0.4 is 11.5 Å². The van der Waals surface area contributed by atoms with Gasteiger partial charge in [-0.05, 0) is 72.1 Å². The van der Waals surface area contributed by atoms with Gasteiger partial charge in [0.2, 0.25) is 0 Å². The molecule has 19 nitrogen and oxygen atoms in total. The zero-order valence-corrected chi connectivity index (χ0v) is 29.4. The van der Waals surface area contributed by atoms with Gasteiger partial charge < -0.3 is 16.6 Å². The first-order chi connectivity index (χ1) is 24.5. The van der Waals surface area contributed by atoms with Crippen molar-refractivity contribution in [3.05, 3.63) is 78.9 Å². The Morgan fingerprint density at radius 2 is 0.887 bits per heavy atom. The number of nitrogens with two attached hydrogens (primary N) is 2. The van der Waals surface area contributed by atoms with E-state index in [1.807, 2.05) is 0 Å². The second kappa shape index (κ2) is 12.8. The van der Waals surface area contributed by atoms with Crippen molar-refractivity contribution in [3.8, 4) is 5.75 Å². The monoisotopic (exact) mass is 802 g/mol. The molecule has 0 amide bonds. The number of rotatable bonds is 8. The first-order valence-electron chi connectivity index (χ1n) is 14.3. The largest absolute Gasteiger partial charge is 0.505 e. The highest BCUT2D eigenvalue weighted by Crippen LogP contribution is 2.44. The average Bonchev–Trinajstić information content (AvgIpc) is 3.05. The minimum atomic E-state index is -5.20. The quantitative estimate of drug-likeness (QED) is 0.0540. The molecule has 6 aromatic carbocycles. The highest BCUT2D eigenvalue weighted by Gasteiger charge is 2.25. The fourth-order valence-electron chi connectivity index (χ4n) is 5.33. The predicted molar refractivity (Wildman–Crippen MR) is 190 cm³/mol. The lowest BCUT2D eigenvalue weighted by atomic mass is 10.1. The molecule has 53 heavy (non-hydrogen) atoms. The number of hydrogen-bond donors (Lipinski definition) is 7. The second-order valence-electron chi connectivity index (χ2n) is 11.2. The van der Waals surface area contributed by atoms with E-state index in [1.54, 1.807) is 0 Å². The van der Waals surface area contributed by atoms with Gasteiger partial charge in [0.15, 0.2) is 5.75 Å². The van der Waals surface area contributed by atoms with Gasteiger partial charge in [-0.15, -0.1) is 20.5 Å². The third kappa shape index (κ3) is 7.22. The van der Waals surface area contributed by atoms with Crippen LogP contribution in [-0.2, 0) is 40.5 Å². The van der Waals surface area contributed by atoms with E-state index in [0.717, 1.165) is 42.5 Å². The Morgan fingerprint density at radius 3 is 1.42 bits per heavy atom. The molecule has 0 saturated heterocycles. The van der Waals surface area contributed by atoms with Crippen LogP contribution in [0.1, 0.15) is 0 Å². The number of fused-ring (bicyclic) bond motifs is 3. The number of hydrogen-bond acceptors (Lipinski definition) is 15. The summed E-state index contributed by atoms with van der Waals surface area (Å²) in [5.41, 5.74) is 10.6. The Kier molecular flexibility index (Phi) is 8.95. The highest BCUT2D eigenvalue weighted by atomic mass is 32.2. The summed E-state index contributed by atoms with van der Waals surface area (Å²) < 4.78 is 135. The molecule has 0 bridgehead atoms. The minimum Gasteiger partial charge on any atom is -0.505 e. The van der Waals surface area contributed by atoms with Crippen LogP contribution in [0, 0.1) is 0 Å². The molecule has 6 rings (SSSR count). The van der Waals surface area contributed by atoms with Gasteiger partial charge in [-0.1, -0.05) is 12.1 Å². The number of phenols is 1. The van der Waals surface area contributed by atoms with Crippen LogP contribution in [0.3, 0.4) is 0 Å². The lowest BCUT2D eigenvalue weighted by Crippen LogP contribution is -2.04. The summed E-state index contributed by atoms with van der Waals surface area (Å²) in [7, 11) is -19.5. The van der Waals surface area contributed by atoms with Crippen molar-refractivity contribution in [3.63, 3.8) is 0 Å². The molecule has 0 atom stereocenters. The van der Waals surface area contributed by atoms with Gasteiger partial charge in [0, 0.05) is 32.6 Å². The normalized spacial score (nSPS) is 13.2. The topological polar surface area (TPSA) is 339 Å². The van der Waals surface area contributed by atoms with Crippen molar-refractivity contribution in [2.24, 2.45) is 20.5 Å². The predicted octanol–water partition coefficient (Wildman–Crippen LogP) is 5.83. The number of aromatic hydroxyl groups is 1. The molecule has 0 unspecified atom stereocenters. The lowest BCUT2D eigenvalue weighted by Gasteiger charge is -2.11. The summed E-state index contributed by atoms with van der Waals surface area (Å²) in [6.45, 7) is 0. The van der Waals surface area contributed by atoms with E-state index >= 15 is 0 Å². The van der Waals surface area contributed by atoms with Crippen LogP contribution in [0.5, 0.6) is 5.75 Å². The zero-order chi connectivity index (χ0) is 38.8. The van der Waals surface area contributed by atoms with Crippen molar-refractivity contribution >= 4 is 107 Å². The Hall–Kier alpha value is -5.66. The smallest absolute Gasteiger partial charge is 0.296 e. The standard InChI is InChI=1S/C30H22N6O13S4/c31-22-5-6-25(20-11-15(50(38,39)40)1-3-17(20)22)34-33-24-7-8-26(21-12-16(51(41,42)43)2-4-18(21)24)35-36-29-28(53(47,48)49)10-14-9-27(52(44,45)46)23(32)13-19(14)30(29)37/h1-13,37H,31-32H2,(H,38,39,40)(H,41,42,43)(H,44,45,46)(H,47,48,49)/b34-33+,36-35+. The zero-order valence-electron chi connectivity index (χ0n) is 26.1. The van der Waals surface area contributed by atoms with Crippen LogP contribution >= 0.6 is 0 Å². The van der Waals surface area contributed by atoms with Crippen molar-refractivity contribution in [1.82, 2.24) is 0 Å². The van der Waals surface area contributed by atoms with Crippen molar-refractivity contribution < 1.29 is 57.0 Å². The average molecular weight is 803 g/mol. The summed E-state index contributed by atoms with van der Waals surface area (Å²) in [6.07, 6.45) is 0. The summed E-state index contributed by atoms with van der Waals surface area (Å²) >= 11 is 0. The maximum Gasteiger partial charge on any atom is 0.296 e. The molecule has 6 aromatic rings. The molecule has 9 N–H and O–H groups in total. The molecular weight excluding hydrogens is 781 g/mol. The van der Waals surface area contributed by atoms with Crippen LogP contribution in [0.25, 0.3) is 32.3 Å².